The van der Waals surface area contributed by atoms with Gasteiger partial charge in [0.25, 0.3) is 5.91 Å². The molecule has 0 aromatic heterocycles. The second-order valence-corrected chi connectivity index (χ2v) is 7.07. The molecule has 0 atom stereocenters. The first-order chi connectivity index (χ1) is 11.8. The molecule has 0 saturated heterocycles. The van der Waals surface area contributed by atoms with E-state index in [1.807, 2.05) is 0 Å². The molecule has 0 aliphatic heterocycles. The average Bonchev–Trinajstić information content (AvgIpc) is 2.60. The summed E-state index contributed by atoms with van der Waals surface area (Å²) in [5, 5.41) is 2.58. The monoisotopic (exact) mass is 339 g/mol. The first-order valence-electron chi connectivity index (χ1n) is 10.5. The van der Waals surface area contributed by atoms with Crippen molar-refractivity contribution in [3.8, 4) is 0 Å². The number of carbonyl (C=O) groups is 2. The fraction of sp³-hybridized carbons (Fsp3) is 0.905. The van der Waals surface area contributed by atoms with Gasteiger partial charge in [-0.15, -0.1) is 0 Å². The van der Waals surface area contributed by atoms with E-state index in [0.717, 1.165) is 12.8 Å². The van der Waals surface area contributed by atoms with Crippen molar-refractivity contribution in [1.82, 2.24) is 5.32 Å². The zero-order valence-electron chi connectivity index (χ0n) is 16.1. The zero-order chi connectivity index (χ0) is 17.7. The maximum absolute atomic E-state index is 10.7. The zero-order valence-corrected chi connectivity index (χ0v) is 16.1. The summed E-state index contributed by atoms with van der Waals surface area (Å²) < 4.78 is 0. The molecule has 0 heterocycles. The van der Waals surface area contributed by atoms with E-state index in [9.17, 15) is 9.59 Å². The molecule has 0 unspecified atom stereocenters. The molecule has 0 radical (unpaired) electrons. The topological polar surface area (TPSA) is 46.2 Å². The van der Waals surface area contributed by atoms with Gasteiger partial charge in [-0.3, -0.25) is 9.59 Å². The van der Waals surface area contributed by atoms with Crippen LogP contribution in [0.1, 0.15) is 116 Å². The summed E-state index contributed by atoms with van der Waals surface area (Å²) in [4.78, 5) is 20.8. The molecule has 0 aliphatic carbocycles. The molecule has 0 saturated carbocycles. The van der Waals surface area contributed by atoms with Crippen molar-refractivity contribution in [3.63, 3.8) is 0 Å². The number of nitrogens with one attached hydrogen (secondary N) is 1. The molecule has 0 aromatic carbocycles. The summed E-state index contributed by atoms with van der Waals surface area (Å²) in [6.45, 7) is 2.91. The number of rotatable bonds is 19. The van der Waals surface area contributed by atoms with Gasteiger partial charge in [0.05, 0.1) is 0 Å². The third-order valence-corrected chi connectivity index (χ3v) is 4.69. The Labute approximate surface area is 150 Å². The van der Waals surface area contributed by atoms with Gasteiger partial charge in [-0.05, 0) is 6.42 Å². The van der Waals surface area contributed by atoms with Crippen LogP contribution in [-0.4, -0.2) is 18.7 Å². The van der Waals surface area contributed by atoms with E-state index in [1.54, 1.807) is 0 Å². The summed E-state index contributed by atoms with van der Waals surface area (Å²) >= 11 is 0. The molecule has 0 aliphatic rings. The highest BCUT2D eigenvalue weighted by Gasteiger charge is 1.97. The minimum absolute atomic E-state index is 0.341. The third-order valence-electron chi connectivity index (χ3n) is 4.69. The highest BCUT2D eigenvalue weighted by molar-refractivity contribution is 6.23. The van der Waals surface area contributed by atoms with Crippen molar-refractivity contribution < 1.29 is 9.59 Å². The van der Waals surface area contributed by atoms with E-state index < -0.39 is 5.91 Å². The Bertz CT molecular complexity index is 279. The molecule has 1 N–H and O–H groups in total. The van der Waals surface area contributed by atoms with Gasteiger partial charge < -0.3 is 5.32 Å². The van der Waals surface area contributed by atoms with Gasteiger partial charge in [-0.2, -0.15) is 0 Å². The minimum Gasteiger partial charge on any atom is -0.350 e. The minimum atomic E-state index is -0.494. The molecule has 3 heteroatoms. The van der Waals surface area contributed by atoms with Crippen LogP contribution >= 0.6 is 0 Å². The van der Waals surface area contributed by atoms with Crippen LogP contribution in [0.3, 0.4) is 0 Å². The van der Waals surface area contributed by atoms with Crippen LogP contribution in [0.4, 0.5) is 0 Å². The van der Waals surface area contributed by atoms with Gasteiger partial charge in [0, 0.05) is 6.54 Å². The summed E-state index contributed by atoms with van der Waals surface area (Å²) in [6.07, 6.45) is 23.4. The molecule has 1 amide bonds. The normalized spacial score (nSPS) is 10.7. The van der Waals surface area contributed by atoms with Gasteiger partial charge in [0.1, 0.15) is 0 Å². The Morgan fingerprint density at radius 3 is 1.29 bits per heavy atom. The number of hydrogen-bond donors (Lipinski definition) is 1. The molecule has 0 aromatic rings. The van der Waals surface area contributed by atoms with Crippen LogP contribution in [0.5, 0.6) is 0 Å². The van der Waals surface area contributed by atoms with E-state index in [0.29, 0.717) is 12.8 Å². The van der Waals surface area contributed by atoms with Gasteiger partial charge in [0.2, 0.25) is 6.29 Å². The quantitative estimate of drug-likeness (QED) is 0.179. The van der Waals surface area contributed by atoms with Crippen molar-refractivity contribution >= 4 is 12.2 Å². The van der Waals surface area contributed by atoms with E-state index >= 15 is 0 Å². The predicted octanol–water partition coefficient (Wildman–Crippen LogP) is 5.95. The third kappa shape index (κ3) is 19.2. The Morgan fingerprint density at radius 2 is 0.958 bits per heavy atom. The Kier molecular flexibility index (Phi) is 19.5. The standard InChI is InChI=1S/C21H41NO2/c1-2-3-4-5-6-7-8-9-10-11-12-13-14-15-16-17-18-19-22-21(24)20-23/h20H,2-19H2,1H3,(H,22,24). The second-order valence-electron chi connectivity index (χ2n) is 7.07. The van der Waals surface area contributed by atoms with Gasteiger partial charge in [-0.25, -0.2) is 0 Å². The van der Waals surface area contributed by atoms with Crippen molar-refractivity contribution in [2.24, 2.45) is 0 Å². The summed E-state index contributed by atoms with van der Waals surface area (Å²) in [7, 11) is 0. The highest BCUT2D eigenvalue weighted by atomic mass is 16.2. The lowest BCUT2D eigenvalue weighted by Crippen LogP contribution is -2.24. The molecular formula is C21H41NO2. The molecule has 24 heavy (non-hydrogen) atoms. The van der Waals surface area contributed by atoms with Gasteiger partial charge >= 0.3 is 0 Å². The molecule has 0 fully saturated rings. The number of carbonyl (C=O) groups excluding carboxylic acids is 2. The van der Waals surface area contributed by atoms with Crippen LogP contribution < -0.4 is 5.32 Å². The molecule has 0 spiro atoms. The van der Waals surface area contributed by atoms with Crippen molar-refractivity contribution in [3.05, 3.63) is 0 Å². The van der Waals surface area contributed by atoms with Crippen molar-refractivity contribution in [2.45, 2.75) is 116 Å². The van der Waals surface area contributed by atoms with E-state index in [2.05, 4.69) is 12.2 Å². The Hall–Kier alpha value is -0.860. The van der Waals surface area contributed by atoms with Crippen LogP contribution in [0.2, 0.25) is 0 Å². The Balaban J connectivity index is 3.00. The van der Waals surface area contributed by atoms with E-state index in [4.69, 9.17) is 0 Å². The number of aldehydes is 1. The lowest BCUT2D eigenvalue weighted by Gasteiger charge is -2.04. The highest BCUT2D eigenvalue weighted by Crippen LogP contribution is 2.13. The van der Waals surface area contributed by atoms with E-state index in [-0.39, 0.29) is 0 Å². The number of hydrogen-bond acceptors (Lipinski definition) is 2. The fourth-order valence-corrected chi connectivity index (χ4v) is 3.10. The number of unbranched alkanes of at least 4 members (excludes halogenated alkanes) is 16. The van der Waals surface area contributed by atoms with E-state index in [1.165, 1.54) is 96.3 Å². The molecule has 0 rings (SSSR count). The van der Waals surface area contributed by atoms with Crippen molar-refractivity contribution in [2.75, 3.05) is 6.54 Å². The van der Waals surface area contributed by atoms with Gasteiger partial charge in [-0.1, -0.05) is 110 Å². The molecule has 0 bridgehead atoms. The summed E-state index contributed by atoms with van der Waals surface area (Å²) in [5.41, 5.74) is 0. The second kappa shape index (κ2) is 20.2. The van der Waals surface area contributed by atoms with Crippen molar-refractivity contribution in [1.29, 1.82) is 0 Å². The van der Waals surface area contributed by atoms with Crippen LogP contribution in [0.25, 0.3) is 0 Å². The molecule has 142 valence electrons. The van der Waals surface area contributed by atoms with Crippen LogP contribution in [0.15, 0.2) is 0 Å². The first kappa shape index (κ1) is 23.1. The predicted molar refractivity (Wildman–Crippen MR) is 103 cm³/mol. The first-order valence-corrected chi connectivity index (χ1v) is 10.5. The lowest BCUT2D eigenvalue weighted by molar-refractivity contribution is -0.131. The smallest absolute Gasteiger partial charge is 0.284 e. The molecular weight excluding hydrogens is 298 g/mol. The molecule has 3 nitrogen and oxygen atoms in total. The SMILES string of the molecule is CCCCCCCCCCCCCCCCCCCNC(=O)C=O. The maximum Gasteiger partial charge on any atom is 0.284 e. The maximum atomic E-state index is 10.7. The summed E-state index contributed by atoms with van der Waals surface area (Å²) in [5.74, 6) is -0.494. The fourth-order valence-electron chi connectivity index (χ4n) is 3.10. The number of amides is 1. The summed E-state index contributed by atoms with van der Waals surface area (Å²) in [6, 6.07) is 0. The Morgan fingerprint density at radius 1 is 0.625 bits per heavy atom. The average molecular weight is 340 g/mol. The van der Waals surface area contributed by atoms with Crippen LogP contribution in [0, 0.1) is 0 Å². The lowest BCUT2D eigenvalue weighted by atomic mass is 10.0. The van der Waals surface area contributed by atoms with Gasteiger partial charge in [0.15, 0.2) is 0 Å². The van der Waals surface area contributed by atoms with Crippen LogP contribution in [-0.2, 0) is 9.59 Å². The largest absolute Gasteiger partial charge is 0.350 e.